The van der Waals surface area contributed by atoms with Crippen LogP contribution in [0.2, 0.25) is 0 Å². The molecular weight excluding hydrogens is 254 g/mol. The van der Waals surface area contributed by atoms with Crippen LogP contribution in [0.25, 0.3) is 5.69 Å². The van der Waals surface area contributed by atoms with Gasteiger partial charge in [0.15, 0.2) is 0 Å². The van der Waals surface area contributed by atoms with Crippen LogP contribution in [0.5, 0.6) is 0 Å². The van der Waals surface area contributed by atoms with E-state index in [1.807, 2.05) is 0 Å². The van der Waals surface area contributed by atoms with Crippen LogP contribution in [0, 0.1) is 10.1 Å². The molecule has 0 amide bonds. The zero-order valence-electron chi connectivity index (χ0n) is 9.39. The van der Waals surface area contributed by atoms with Crippen LogP contribution in [0.15, 0.2) is 41.3 Å². The second-order valence-corrected chi connectivity index (χ2v) is 3.56. The Morgan fingerprint density at radius 3 is 2.74 bits per heavy atom. The van der Waals surface area contributed by atoms with E-state index in [2.05, 4.69) is 5.10 Å². The lowest BCUT2D eigenvalue weighted by molar-refractivity contribution is -0.384. The highest BCUT2D eigenvalue weighted by Gasteiger charge is 2.12. The van der Waals surface area contributed by atoms with Crippen LogP contribution >= 0.6 is 0 Å². The van der Waals surface area contributed by atoms with E-state index in [0.29, 0.717) is 0 Å². The molecule has 1 N–H and O–H groups in total. The first kappa shape index (κ1) is 12.4. The van der Waals surface area contributed by atoms with E-state index in [0.717, 1.165) is 10.7 Å². The highest BCUT2D eigenvalue weighted by atomic mass is 16.6. The molecule has 0 fully saturated rings. The molecule has 1 aromatic carbocycles. The van der Waals surface area contributed by atoms with Gasteiger partial charge in [-0.3, -0.25) is 14.9 Å². The number of nitrogens with zero attached hydrogens (tertiary/aromatic N) is 3. The number of aromatic nitrogens is 2. The summed E-state index contributed by atoms with van der Waals surface area (Å²) in [6.45, 7) is 0. The molecule has 0 aliphatic rings. The van der Waals surface area contributed by atoms with E-state index in [1.165, 1.54) is 30.5 Å². The molecule has 0 spiro atoms. The van der Waals surface area contributed by atoms with E-state index < -0.39 is 22.0 Å². The Morgan fingerprint density at radius 1 is 1.37 bits per heavy atom. The van der Waals surface area contributed by atoms with Crippen molar-refractivity contribution in [3.05, 3.63) is 62.6 Å². The molecule has 0 saturated carbocycles. The molecule has 0 atom stereocenters. The summed E-state index contributed by atoms with van der Waals surface area (Å²) in [7, 11) is 0. The summed E-state index contributed by atoms with van der Waals surface area (Å²) in [5.41, 5.74) is -1.24. The van der Waals surface area contributed by atoms with Crippen molar-refractivity contribution < 1.29 is 14.8 Å². The zero-order valence-corrected chi connectivity index (χ0v) is 9.39. The lowest BCUT2D eigenvalue weighted by Gasteiger charge is -2.05. The minimum absolute atomic E-state index is 0.158. The van der Waals surface area contributed by atoms with Gasteiger partial charge in [-0.05, 0) is 6.07 Å². The molecule has 8 heteroatoms. The highest BCUT2D eigenvalue weighted by molar-refractivity contribution is 5.84. The fraction of sp³-hybridized carbons (Fsp3) is 0. The van der Waals surface area contributed by atoms with Gasteiger partial charge in [0.1, 0.15) is 0 Å². The largest absolute Gasteiger partial charge is 0.476 e. The van der Waals surface area contributed by atoms with Crippen LogP contribution in [0.1, 0.15) is 10.5 Å². The number of nitro benzene ring substituents is 1. The molecule has 0 radical (unpaired) electrons. The summed E-state index contributed by atoms with van der Waals surface area (Å²) in [6.07, 6.45) is 1.24. The van der Waals surface area contributed by atoms with Crippen molar-refractivity contribution in [1.82, 2.24) is 9.78 Å². The van der Waals surface area contributed by atoms with Crippen LogP contribution in [-0.4, -0.2) is 25.8 Å². The lowest BCUT2D eigenvalue weighted by Crippen LogP contribution is -2.20. The standard InChI is InChI=1S/C11H7N3O5/c15-9-4-5-13(12-10(9)11(16)17)7-2-1-3-8(6-7)14(18)19/h1-6H,(H,16,17). The highest BCUT2D eigenvalue weighted by Crippen LogP contribution is 2.15. The maximum atomic E-state index is 11.3. The number of hydrogen-bond acceptors (Lipinski definition) is 5. The third-order valence-corrected chi connectivity index (χ3v) is 2.32. The minimum Gasteiger partial charge on any atom is -0.476 e. The molecule has 0 aliphatic carbocycles. The number of non-ortho nitro benzene ring substituents is 1. The third kappa shape index (κ3) is 2.46. The van der Waals surface area contributed by atoms with Crippen LogP contribution in [0.4, 0.5) is 5.69 Å². The number of carboxylic acid groups (broad SMARTS) is 1. The normalized spacial score (nSPS) is 10.1. The molecule has 0 saturated heterocycles. The molecule has 1 aromatic heterocycles. The van der Waals surface area contributed by atoms with Gasteiger partial charge in [0.25, 0.3) is 5.69 Å². The summed E-state index contributed by atoms with van der Waals surface area (Å²) < 4.78 is 1.10. The summed E-state index contributed by atoms with van der Waals surface area (Å²) in [4.78, 5) is 32.1. The Labute approximate surface area is 105 Å². The van der Waals surface area contributed by atoms with Gasteiger partial charge in [-0.2, -0.15) is 5.10 Å². The Morgan fingerprint density at radius 2 is 2.11 bits per heavy atom. The monoisotopic (exact) mass is 261 g/mol. The maximum Gasteiger partial charge on any atom is 0.360 e. The van der Waals surface area contributed by atoms with Crippen LogP contribution in [-0.2, 0) is 0 Å². The zero-order chi connectivity index (χ0) is 14.0. The van der Waals surface area contributed by atoms with Crippen molar-refractivity contribution in [2.24, 2.45) is 0 Å². The number of carbonyl (C=O) groups is 1. The predicted octanol–water partition coefficient (Wildman–Crippen LogP) is 0.839. The fourth-order valence-electron chi connectivity index (χ4n) is 1.45. The Kier molecular flexibility index (Phi) is 3.06. The van der Waals surface area contributed by atoms with Gasteiger partial charge in [0.05, 0.1) is 10.6 Å². The molecule has 2 aromatic rings. The Bertz CT molecular complexity index is 722. The lowest BCUT2D eigenvalue weighted by atomic mass is 10.3. The van der Waals surface area contributed by atoms with Crippen LogP contribution in [0.3, 0.4) is 0 Å². The summed E-state index contributed by atoms with van der Waals surface area (Å²) >= 11 is 0. The molecule has 96 valence electrons. The Hall–Kier alpha value is -3.03. The molecule has 1 heterocycles. The van der Waals surface area contributed by atoms with Crippen molar-refractivity contribution in [1.29, 1.82) is 0 Å². The molecule has 2 rings (SSSR count). The van der Waals surface area contributed by atoms with Crippen molar-refractivity contribution in [2.75, 3.05) is 0 Å². The second-order valence-electron chi connectivity index (χ2n) is 3.56. The first-order valence-corrected chi connectivity index (χ1v) is 5.07. The summed E-state index contributed by atoms with van der Waals surface area (Å²) in [6, 6.07) is 6.51. The molecule has 19 heavy (non-hydrogen) atoms. The van der Waals surface area contributed by atoms with E-state index >= 15 is 0 Å². The number of benzene rings is 1. The number of carboxylic acids is 1. The predicted molar refractivity (Wildman–Crippen MR) is 63.4 cm³/mol. The third-order valence-electron chi connectivity index (χ3n) is 2.32. The first-order valence-electron chi connectivity index (χ1n) is 5.07. The molecule has 0 unspecified atom stereocenters. The minimum atomic E-state index is -1.45. The van der Waals surface area contributed by atoms with Crippen molar-refractivity contribution in [2.45, 2.75) is 0 Å². The van der Waals surface area contributed by atoms with Gasteiger partial charge < -0.3 is 5.11 Å². The van der Waals surface area contributed by atoms with Crippen molar-refractivity contribution in [3.63, 3.8) is 0 Å². The van der Waals surface area contributed by atoms with E-state index in [9.17, 15) is 19.7 Å². The van der Waals surface area contributed by atoms with E-state index in [-0.39, 0.29) is 11.4 Å². The smallest absolute Gasteiger partial charge is 0.360 e. The molecular formula is C11H7N3O5. The second kappa shape index (κ2) is 4.69. The topological polar surface area (TPSA) is 115 Å². The number of nitro groups is 1. The number of rotatable bonds is 3. The summed E-state index contributed by atoms with van der Waals surface area (Å²) in [5, 5.41) is 23.1. The van der Waals surface area contributed by atoms with Gasteiger partial charge in [-0.15, -0.1) is 0 Å². The Balaban J connectivity index is 2.56. The average molecular weight is 261 g/mol. The van der Waals surface area contributed by atoms with Crippen molar-refractivity contribution >= 4 is 11.7 Å². The van der Waals surface area contributed by atoms with Gasteiger partial charge in [-0.1, -0.05) is 6.07 Å². The van der Waals surface area contributed by atoms with E-state index in [1.54, 1.807) is 0 Å². The maximum absolute atomic E-state index is 11.3. The van der Waals surface area contributed by atoms with Gasteiger partial charge in [0.2, 0.25) is 11.1 Å². The van der Waals surface area contributed by atoms with Crippen molar-refractivity contribution in [3.8, 4) is 5.69 Å². The first-order chi connectivity index (χ1) is 8.99. The number of aromatic carboxylic acids is 1. The molecule has 0 bridgehead atoms. The molecule has 8 nitrogen and oxygen atoms in total. The quantitative estimate of drug-likeness (QED) is 0.646. The molecule has 0 aliphatic heterocycles. The van der Waals surface area contributed by atoms with Crippen LogP contribution < -0.4 is 5.43 Å². The number of hydrogen-bond donors (Lipinski definition) is 1. The SMILES string of the molecule is O=C(O)c1nn(-c2cccc([N+](=O)[O-])c2)ccc1=O. The fourth-order valence-corrected chi connectivity index (χ4v) is 1.45. The van der Waals surface area contributed by atoms with E-state index in [4.69, 9.17) is 5.11 Å². The summed E-state index contributed by atoms with van der Waals surface area (Å²) in [5.74, 6) is -1.45. The van der Waals surface area contributed by atoms with Gasteiger partial charge in [0, 0.05) is 24.4 Å². The average Bonchev–Trinajstić information content (AvgIpc) is 2.39. The van der Waals surface area contributed by atoms with Gasteiger partial charge in [-0.25, -0.2) is 9.48 Å². The van der Waals surface area contributed by atoms with Gasteiger partial charge >= 0.3 is 5.97 Å².